The third-order valence-electron chi connectivity index (χ3n) is 4.03. The van der Waals surface area contributed by atoms with Gasteiger partial charge >= 0.3 is 0 Å². The number of anilines is 1. The fraction of sp³-hybridized carbons (Fsp3) is 0.625. The van der Waals surface area contributed by atoms with Gasteiger partial charge in [-0.3, -0.25) is 0 Å². The van der Waals surface area contributed by atoms with E-state index in [1.807, 2.05) is 0 Å². The molecule has 1 aromatic carbocycles. The van der Waals surface area contributed by atoms with Crippen molar-refractivity contribution >= 4 is 5.69 Å². The molecule has 1 N–H and O–H groups in total. The number of rotatable bonds is 2. The Bertz CT molecular complexity index is 379. The third kappa shape index (κ3) is 2.86. The SMILES string of the molecule is CC(C)c1ccc(N2CCNCCC2(C)C)cc1. The number of benzene rings is 1. The van der Waals surface area contributed by atoms with E-state index in [1.165, 1.54) is 17.7 Å². The quantitative estimate of drug-likeness (QED) is 0.860. The molecule has 1 aliphatic rings. The Morgan fingerprint density at radius 2 is 1.78 bits per heavy atom. The molecule has 1 aliphatic heterocycles. The van der Waals surface area contributed by atoms with Crippen LogP contribution in [-0.2, 0) is 0 Å². The molecule has 100 valence electrons. The molecule has 0 aliphatic carbocycles. The van der Waals surface area contributed by atoms with Crippen molar-refractivity contribution in [2.45, 2.75) is 45.6 Å². The van der Waals surface area contributed by atoms with Crippen LogP contribution in [0.2, 0.25) is 0 Å². The summed E-state index contributed by atoms with van der Waals surface area (Å²) in [7, 11) is 0. The zero-order chi connectivity index (χ0) is 13.2. The minimum Gasteiger partial charge on any atom is -0.365 e. The van der Waals surface area contributed by atoms with E-state index in [4.69, 9.17) is 0 Å². The van der Waals surface area contributed by atoms with E-state index in [-0.39, 0.29) is 5.54 Å². The second-order valence-electron chi connectivity index (χ2n) is 6.21. The lowest BCUT2D eigenvalue weighted by molar-refractivity contribution is 0.454. The van der Waals surface area contributed by atoms with Gasteiger partial charge in [-0.2, -0.15) is 0 Å². The van der Waals surface area contributed by atoms with Gasteiger partial charge in [0.25, 0.3) is 0 Å². The van der Waals surface area contributed by atoms with Gasteiger partial charge in [0.2, 0.25) is 0 Å². The van der Waals surface area contributed by atoms with E-state index in [2.05, 4.69) is 62.2 Å². The highest BCUT2D eigenvalue weighted by Crippen LogP contribution is 2.28. The molecule has 2 heteroatoms. The van der Waals surface area contributed by atoms with Gasteiger partial charge in [0, 0.05) is 24.3 Å². The summed E-state index contributed by atoms with van der Waals surface area (Å²) >= 11 is 0. The van der Waals surface area contributed by atoms with Gasteiger partial charge in [-0.1, -0.05) is 26.0 Å². The average Bonchev–Trinajstić information content (AvgIpc) is 2.50. The Morgan fingerprint density at radius 3 is 2.39 bits per heavy atom. The molecule has 0 atom stereocenters. The van der Waals surface area contributed by atoms with Crippen molar-refractivity contribution in [1.82, 2.24) is 5.32 Å². The first kappa shape index (κ1) is 13.4. The molecule has 1 saturated heterocycles. The molecular weight excluding hydrogens is 220 g/mol. The van der Waals surface area contributed by atoms with E-state index in [9.17, 15) is 0 Å². The predicted octanol–water partition coefficient (Wildman–Crippen LogP) is 3.39. The summed E-state index contributed by atoms with van der Waals surface area (Å²) in [4.78, 5) is 2.54. The summed E-state index contributed by atoms with van der Waals surface area (Å²) in [6.07, 6.45) is 1.19. The van der Waals surface area contributed by atoms with Crippen molar-refractivity contribution in [1.29, 1.82) is 0 Å². The third-order valence-corrected chi connectivity index (χ3v) is 4.03. The number of nitrogens with zero attached hydrogens (tertiary/aromatic N) is 1. The zero-order valence-corrected chi connectivity index (χ0v) is 12.2. The molecule has 0 saturated carbocycles. The molecule has 2 nitrogen and oxygen atoms in total. The maximum Gasteiger partial charge on any atom is 0.0371 e. The number of hydrogen-bond donors (Lipinski definition) is 1. The standard InChI is InChI=1S/C16H26N2/c1-13(2)14-5-7-15(8-6-14)18-12-11-17-10-9-16(18,3)4/h5-8,13,17H,9-12H2,1-4H3. The fourth-order valence-corrected chi connectivity index (χ4v) is 2.67. The number of hydrogen-bond acceptors (Lipinski definition) is 2. The summed E-state index contributed by atoms with van der Waals surface area (Å²) in [6, 6.07) is 9.10. The van der Waals surface area contributed by atoms with Crippen molar-refractivity contribution in [3.05, 3.63) is 29.8 Å². The maximum atomic E-state index is 3.49. The van der Waals surface area contributed by atoms with Crippen LogP contribution in [0.3, 0.4) is 0 Å². The van der Waals surface area contributed by atoms with Gasteiger partial charge in [0.1, 0.15) is 0 Å². The van der Waals surface area contributed by atoms with Gasteiger partial charge in [-0.15, -0.1) is 0 Å². The molecule has 0 radical (unpaired) electrons. The lowest BCUT2D eigenvalue weighted by Crippen LogP contribution is -2.44. The summed E-state index contributed by atoms with van der Waals surface area (Å²) in [5.41, 5.74) is 3.01. The zero-order valence-electron chi connectivity index (χ0n) is 12.2. The maximum absolute atomic E-state index is 3.49. The molecule has 1 fully saturated rings. The largest absolute Gasteiger partial charge is 0.365 e. The minimum atomic E-state index is 0.239. The van der Waals surface area contributed by atoms with Crippen molar-refractivity contribution < 1.29 is 0 Å². The lowest BCUT2D eigenvalue weighted by atomic mass is 9.96. The molecule has 0 aromatic heterocycles. The topological polar surface area (TPSA) is 15.3 Å². The molecule has 0 spiro atoms. The van der Waals surface area contributed by atoms with Crippen LogP contribution in [0.25, 0.3) is 0 Å². The van der Waals surface area contributed by atoms with E-state index in [0.29, 0.717) is 5.92 Å². The molecule has 18 heavy (non-hydrogen) atoms. The molecule has 0 amide bonds. The van der Waals surface area contributed by atoms with Crippen LogP contribution in [0.1, 0.15) is 45.6 Å². The summed E-state index contributed by atoms with van der Waals surface area (Å²) in [5.74, 6) is 0.609. The van der Waals surface area contributed by atoms with Crippen molar-refractivity contribution in [2.24, 2.45) is 0 Å². The van der Waals surface area contributed by atoms with Gasteiger partial charge in [0.05, 0.1) is 0 Å². The molecule has 1 heterocycles. The van der Waals surface area contributed by atoms with Crippen LogP contribution in [0.15, 0.2) is 24.3 Å². The molecule has 0 unspecified atom stereocenters. The Kier molecular flexibility index (Phi) is 3.96. The van der Waals surface area contributed by atoms with Crippen LogP contribution in [-0.4, -0.2) is 25.2 Å². The average molecular weight is 246 g/mol. The van der Waals surface area contributed by atoms with Crippen molar-refractivity contribution in [2.75, 3.05) is 24.5 Å². The van der Waals surface area contributed by atoms with E-state index < -0.39 is 0 Å². The van der Waals surface area contributed by atoms with Crippen LogP contribution >= 0.6 is 0 Å². The van der Waals surface area contributed by atoms with Gasteiger partial charge in [0.15, 0.2) is 0 Å². The first-order valence-electron chi connectivity index (χ1n) is 7.09. The highest BCUT2D eigenvalue weighted by Gasteiger charge is 2.28. The Hall–Kier alpha value is -1.02. The predicted molar refractivity (Wildman–Crippen MR) is 79.4 cm³/mol. The van der Waals surface area contributed by atoms with Gasteiger partial charge in [-0.05, 0) is 50.4 Å². The molecule has 1 aromatic rings. The Morgan fingerprint density at radius 1 is 1.11 bits per heavy atom. The van der Waals surface area contributed by atoms with Crippen molar-refractivity contribution in [3.8, 4) is 0 Å². The fourth-order valence-electron chi connectivity index (χ4n) is 2.67. The first-order chi connectivity index (χ1) is 8.50. The number of nitrogens with one attached hydrogen (secondary N) is 1. The van der Waals surface area contributed by atoms with E-state index in [0.717, 1.165) is 19.6 Å². The van der Waals surface area contributed by atoms with Crippen LogP contribution in [0.4, 0.5) is 5.69 Å². The van der Waals surface area contributed by atoms with Crippen LogP contribution in [0, 0.1) is 0 Å². The van der Waals surface area contributed by atoms with Crippen molar-refractivity contribution in [3.63, 3.8) is 0 Å². The molecule has 0 bridgehead atoms. The Balaban J connectivity index is 2.23. The van der Waals surface area contributed by atoms with E-state index in [1.54, 1.807) is 0 Å². The van der Waals surface area contributed by atoms with E-state index >= 15 is 0 Å². The molecular formula is C16H26N2. The second kappa shape index (κ2) is 5.31. The monoisotopic (exact) mass is 246 g/mol. The smallest absolute Gasteiger partial charge is 0.0371 e. The minimum absolute atomic E-state index is 0.239. The van der Waals surface area contributed by atoms with Crippen LogP contribution in [0.5, 0.6) is 0 Å². The van der Waals surface area contributed by atoms with Gasteiger partial charge in [-0.25, -0.2) is 0 Å². The second-order valence-corrected chi connectivity index (χ2v) is 6.21. The first-order valence-corrected chi connectivity index (χ1v) is 7.09. The summed E-state index contributed by atoms with van der Waals surface area (Å²) in [5, 5.41) is 3.49. The highest BCUT2D eigenvalue weighted by atomic mass is 15.2. The summed E-state index contributed by atoms with van der Waals surface area (Å²) < 4.78 is 0. The molecule has 2 rings (SSSR count). The summed E-state index contributed by atoms with van der Waals surface area (Å²) in [6.45, 7) is 12.5. The van der Waals surface area contributed by atoms with Crippen LogP contribution < -0.4 is 10.2 Å². The highest BCUT2D eigenvalue weighted by molar-refractivity contribution is 5.50. The lowest BCUT2D eigenvalue weighted by Gasteiger charge is -2.39. The normalized spacial score (nSPS) is 19.9. The Labute approximate surface area is 111 Å². The van der Waals surface area contributed by atoms with Gasteiger partial charge < -0.3 is 10.2 Å².